The lowest BCUT2D eigenvalue weighted by Gasteiger charge is -2.34. The number of hydrogen-bond donors (Lipinski definition) is 1. The van der Waals surface area contributed by atoms with Crippen molar-refractivity contribution in [1.29, 1.82) is 0 Å². The molecule has 5 nitrogen and oxygen atoms in total. The van der Waals surface area contributed by atoms with E-state index < -0.39 is 21.6 Å². The van der Waals surface area contributed by atoms with Crippen LogP contribution >= 0.6 is 27.5 Å². The molecule has 1 heterocycles. The number of piperidine rings is 1. The normalized spacial score (nSPS) is 17.6. The van der Waals surface area contributed by atoms with E-state index in [2.05, 4.69) is 15.9 Å². The number of amides is 1. The van der Waals surface area contributed by atoms with E-state index in [1.165, 1.54) is 10.4 Å². The molecule has 0 aromatic heterocycles. The molecule has 2 aromatic rings. The van der Waals surface area contributed by atoms with Crippen LogP contribution in [0.3, 0.4) is 0 Å². The summed E-state index contributed by atoms with van der Waals surface area (Å²) in [6.45, 7) is -0.250. The van der Waals surface area contributed by atoms with Gasteiger partial charge < -0.3 is 5.73 Å². The van der Waals surface area contributed by atoms with Crippen molar-refractivity contribution in [3.8, 4) is 11.1 Å². The van der Waals surface area contributed by atoms with Gasteiger partial charge in [0.25, 0.3) is 5.91 Å². The summed E-state index contributed by atoms with van der Waals surface area (Å²) < 4.78 is 42.7. The zero-order chi connectivity index (χ0) is 19.8. The van der Waals surface area contributed by atoms with E-state index in [0.29, 0.717) is 20.6 Å². The van der Waals surface area contributed by atoms with Crippen LogP contribution in [0.25, 0.3) is 11.1 Å². The molecule has 0 radical (unpaired) electrons. The van der Waals surface area contributed by atoms with E-state index in [9.17, 15) is 17.6 Å². The van der Waals surface area contributed by atoms with Gasteiger partial charge in [0.2, 0.25) is 10.0 Å². The second-order valence-electron chi connectivity index (χ2n) is 6.35. The van der Waals surface area contributed by atoms with E-state index in [1.54, 1.807) is 36.4 Å². The Balaban J connectivity index is 2.02. The van der Waals surface area contributed by atoms with Gasteiger partial charge >= 0.3 is 0 Å². The fourth-order valence-corrected chi connectivity index (χ4v) is 5.31. The van der Waals surface area contributed by atoms with Gasteiger partial charge in [-0.2, -0.15) is 4.31 Å². The molecule has 1 saturated heterocycles. The zero-order valence-corrected chi connectivity index (χ0v) is 17.3. The van der Waals surface area contributed by atoms with Crippen molar-refractivity contribution < 1.29 is 17.6 Å². The minimum Gasteiger partial charge on any atom is -0.367 e. The third-order valence-electron chi connectivity index (χ3n) is 4.68. The Hall–Kier alpha value is -1.48. The van der Waals surface area contributed by atoms with Crippen molar-refractivity contribution in [1.82, 2.24) is 4.31 Å². The highest BCUT2D eigenvalue weighted by molar-refractivity contribution is 9.10. The van der Waals surface area contributed by atoms with Crippen molar-refractivity contribution >= 4 is 43.5 Å². The van der Waals surface area contributed by atoms with Gasteiger partial charge in [-0.05, 0) is 24.3 Å². The number of sulfonamides is 1. The van der Waals surface area contributed by atoms with E-state index >= 15 is 0 Å². The Kier molecular flexibility index (Phi) is 5.63. The topological polar surface area (TPSA) is 80.5 Å². The average molecular weight is 476 g/mol. The third kappa shape index (κ3) is 3.89. The van der Waals surface area contributed by atoms with Crippen LogP contribution in [0.2, 0.25) is 5.02 Å². The molecule has 144 valence electrons. The van der Waals surface area contributed by atoms with Crippen LogP contribution in [0.5, 0.6) is 0 Å². The van der Waals surface area contributed by atoms with Crippen molar-refractivity contribution in [3.63, 3.8) is 0 Å². The molecule has 1 fully saturated rings. The second-order valence-corrected chi connectivity index (χ2v) is 9.58. The monoisotopic (exact) mass is 474 g/mol. The molecule has 3 rings (SSSR count). The molecule has 1 aliphatic heterocycles. The molecule has 27 heavy (non-hydrogen) atoms. The Morgan fingerprint density at radius 3 is 2.37 bits per heavy atom. The van der Waals surface area contributed by atoms with E-state index in [-0.39, 0.29) is 30.8 Å². The number of nitrogens with two attached hydrogens (primary N) is 1. The molecular weight excluding hydrogens is 459 g/mol. The first-order valence-electron chi connectivity index (χ1n) is 8.18. The molecule has 0 bridgehead atoms. The molecule has 2 N–H and O–H groups in total. The number of rotatable bonds is 4. The second kappa shape index (κ2) is 7.50. The fraction of sp³-hybridized carbons (Fsp3) is 0.278. The molecule has 0 aliphatic carbocycles. The van der Waals surface area contributed by atoms with Gasteiger partial charge in [0.15, 0.2) is 5.67 Å². The molecule has 1 amide bonds. The molecule has 2 aromatic carbocycles. The van der Waals surface area contributed by atoms with Crippen molar-refractivity contribution in [2.24, 2.45) is 5.73 Å². The molecule has 0 saturated carbocycles. The molecule has 0 unspecified atom stereocenters. The minimum absolute atomic E-state index is 0.0734. The van der Waals surface area contributed by atoms with Crippen LogP contribution in [0.4, 0.5) is 4.39 Å². The minimum atomic E-state index is -3.92. The Labute approximate surface area is 170 Å². The van der Waals surface area contributed by atoms with E-state index in [1.807, 2.05) is 0 Å². The number of nitrogens with zero attached hydrogens (tertiary/aromatic N) is 1. The summed E-state index contributed by atoms with van der Waals surface area (Å²) in [7, 11) is -3.92. The number of halogens is 3. The van der Waals surface area contributed by atoms with Crippen LogP contribution in [-0.2, 0) is 14.8 Å². The fourth-order valence-electron chi connectivity index (χ4n) is 3.08. The summed E-state index contributed by atoms with van der Waals surface area (Å²) in [5.74, 6) is -1.06. The maximum atomic E-state index is 14.4. The largest absolute Gasteiger partial charge is 0.367 e. The predicted molar refractivity (Wildman–Crippen MR) is 106 cm³/mol. The highest BCUT2D eigenvalue weighted by Crippen LogP contribution is 2.37. The highest BCUT2D eigenvalue weighted by atomic mass is 79.9. The predicted octanol–water partition coefficient (Wildman–Crippen LogP) is 3.75. The summed E-state index contributed by atoms with van der Waals surface area (Å²) >= 11 is 9.63. The van der Waals surface area contributed by atoms with Gasteiger partial charge in [0, 0.05) is 46.6 Å². The lowest BCUT2D eigenvalue weighted by Crippen LogP contribution is -2.50. The third-order valence-corrected chi connectivity index (χ3v) is 7.46. The first kappa shape index (κ1) is 20.3. The number of carbonyl (C=O) groups excluding carboxylic acids is 1. The Morgan fingerprint density at radius 1 is 1.15 bits per heavy atom. The van der Waals surface area contributed by atoms with Gasteiger partial charge in [0.1, 0.15) is 0 Å². The lowest BCUT2D eigenvalue weighted by molar-refractivity contribution is -0.131. The first-order chi connectivity index (χ1) is 12.6. The maximum Gasteiger partial charge on any atom is 0.255 e. The van der Waals surface area contributed by atoms with Crippen molar-refractivity contribution in [2.75, 3.05) is 13.1 Å². The van der Waals surface area contributed by atoms with Crippen molar-refractivity contribution in [2.45, 2.75) is 23.4 Å². The van der Waals surface area contributed by atoms with Gasteiger partial charge in [-0.25, -0.2) is 12.8 Å². The number of alkyl halides is 1. The summed E-state index contributed by atoms with van der Waals surface area (Å²) in [4.78, 5) is 11.3. The molecule has 9 heteroatoms. The Morgan fingerprint density at radius 2 is 1.78 bits per heavy atom. The maximum absolute atomic E-state index is 14.4. The van der Waals surface area contributed by atoms with Gasteiger partial charge in [-0.1, -0.05) is 45.7 Å². The summed E-state index contributed by atoms with van der Waals surface area (Å²) in [6.07, 6.45) is -0.529. The highest BCUT2D eigenvalue weighted by Gasteiger charge is 2.43. The van der Waals surface area contributed by atoms with Crippen LogP contribution in [-0.4, -0.2) is 37.4 Å². The Bertz CT molecular complexity index is 992. The van der Waals surface area contributed by atoms with Crippen LogP contribution in [0, 0.1) is 0 Å². The van der Waals surface area contributed by atoms with Crippen LogP contribution < -0.4 is 5.73 Å². The van der Waals surface area contributed by atoms with Gasteiger partial charge in [0.05, 0.1) is 4.90 Å². The summed E-state index contributed by atoms with van der Waals surface area (Å²) in [6, 6.07) is 11.7. The zero-order valence-electron chi connectivity index (χ0n) is 14.2. The SMILES string of the molecule is NC(=O)C1(F)CCN(S(=O)(=O)c2ccc(Br)cc2-c2ccccc2Cl)CC1. The molecular formula is C18H17BrClFN2O3S. The van der Waals surface area contributed by atoms with Crippen LogP contribution in [0.1, 0.15) is 12.8 Å². The number of hydrogen-bond acceptors (Lipinski definition) is 3. The molecule has 0 spiro atoms. The van der Waals surface area contributed by atoms with Gasteiger partial charge in [-0.15, -0.1) is 0 Å². The number of benzene rings is 2. The smallest absolute Gasteiger partial charge is 0.255 e. The molecule has 1 aliphatic rings. The molecule has 0 atom stereocenters. The van der Waals surface area contributed by atoms with Crippen LogP contribution in [0.15, 0.2) is 51.8 Å². The van der Waals surface area contributed by atoms with Crippen molar-refractivity contribution in [3.05, 3.63) is 52.0 Å². The quantitative estimate of drug-likeness (QED) is 0.731. The van der Waals surface area contributed by atoms with Gasteiger partial charge in [-0.3, -0.25) is 4.79 Å². The number of primary amides is 1. The lowest BCUT2D eigenvalue weighted by atomic mass is 9.94. The standard InChI is InChI=1S/C18H17BrClFN2O3S/c19-12-5-6-16(14(11-12)13-3-1-2-4-15(13)20)27(25,26)23-9-7-18(21,8-10-23)17(22)24/h1-6,11H,7-10H2,(H2,22,24). The van der Waals surface area contributed by atoms with E-state index in [4.69, 9.17) is 17.3 Å². The number of carbonyl (C=O) groups is 1. The van der Waals surface area contributed by atoms with E-state index in [0.717, 1.165) is 0 Å². The summed E-state index contributed by atoms with van der Waals surface area (Å²) in [5, 5.41) is 0.419. The first-order valence-corrected chi connectivity index (χ1v) is 10.8. The summed E-state index contributed by atoms with van der Waals surface area (Å²) in [5.41, 5.74) is 3.95. The average Bonchev–Trinajstić information content (AvgIpc) is 2.62.